The van der Waals surface area contributed by atoms with E-state index in [0.717, 1.165) is 19.3 Å². The molecule has 0 aromatic carbocycles. The molecule has 6 heteroatoms. The number of ether oxygens (including phenoxy) is 2. The number of rotatable bonds is 7. The predicted octanol–water partition coefficient (Wildman–Crippen LogP) is 3.04. The summed E-state index contributed by atoms with van der Waals surface area (Å²) in [4.78, 5) is 36.7. The largest absolute Gasteiger partial charge is 0.467 e. The van der Waals surface area contributed by atoms with Crippen molar-refractivity contribution in [1.82, 2.24) is 4.90 Å². The van der Waals surface area contributed by atoms with Crippen LogP contribution >= 0.6 is 0 Å². The lowest BCUT2D eigenvalue weighted by molar-refractivity contribution is -0.147. The summed E-state index contributed by atoms with van der Waals surface area (Å²) in [5.74, 6) is 0.667. The third-order valence-corrected chi connectivity index (χ3v) is 4.96. The highest BCUT2D eigenvalue weighted by Crippen LogP contribution is 2.35. The van der Waals surface area contributed by atoms with Gasteiger partial charge in [-0.3, -0.25) is 4.90 Å². The maximum Gasteiger partial charge on any atom is 0.410 e. The van der Waals surface area contributed by atoms with Crippen molar-refractivity contribution in [3.8, 4) is 0 Å². The Morgan fingerprint density at radius 3 is 2.46 bits per heavy atom. The van der Waals surface area contributed by atoms with Crippen LogP contribution in [0.3, 0.4) is 0 Å². The van der Waals surface area contributed by atoms with Crippen molar-refractivity contribution in [2.45, 2.75) is 65.5 Å². The third kappa shape index (κ3) is 5.21. The summed E-state index contributed by atoms with van der Waals surface area (Å²) < 4.78 is 10.5. The lowest BCUT2D eigenvalue weighted by atomic mass is 9.75. The van der Waals surface area contributed by atoms with Crippen molar-refractivity contribution in [1.29, 1.82) is 0 Å². The summed E-state index contributed by atoms with van der Waals surface area (Å²) in [5, 5.41) is 0. The van der Waals surface area contributed by atoms with E-state index in [1.54, 1.807) is 6.92 Å². The van der Waals surface area contributed by atoms with Crippen LogP contribution in [-0.4, -0.2) is 49.0 Å². The van der Waals surface area contributed by atoms with Gasteiger partial charge in [0.1, 0.15) is 18.4 Å². The van der Waals surface area contributed by atoms with Crippen LogP contribution in [0.2, 0.25) is 0 Å². The molecular weight excluding hydrogens is 310 g/mol. The Kier molecular flexibility index (Phi) is 8.22. The fourth-order valence-electron chi connectivity index (χ4n) is 3.50. The first-order valence-electron chi connectivity index (χ1n) is 8.84. The van der Waals surface area contributed by atoms with Crippen molar-refractivity contribution in [3.05, 3.63) is 0 Å². The number of hydrogen-bond donors (Lipinski definition) is 0. The third-order valence-electron chi connectivity index (χ3n) is 4.96. The van der Waals surface area contributed by atoms with Crippen LogP contribution in [0.4, 0.5) is 4.79 Å². The Balaban J connectivity index is 2.87. The molecule has 0 aliphatic heterocycles. The topological polar surface area (TPSA) is 72.9 Å². The molecule has 1 amide bonds. The van der Waals surface area contributed by atoms with E-state index in [1.165, 1.54) is 12.0 Å². The van der Waals surface area contributed by atoms with Crippen LogP contribution < -0.4 is 0 Å². The molecule has 6 nitrogen and oxygen atoms in total. The summed E-state index contributed by atoms with van der Waals surface area (Å²) in [5.41, 5.74) is 0. The van der Waals surface area contributed by atoms with E-state index in [4.69, 9.17) is 9.47 Å². The highest BCUT2D eigenvalue weighted by atomic mass is 16.6. The lowest BCUT2D eigenvalue weighted by Crippen LogP contribution is -2.48. The van der Waals surface area contributed by atoms with Gasteiger partial charge in [-0.2, -0.15) is 0 Å². The predicted molar refractivity (Wildman–Crippen MR) is 90.5 cm³/mol. The van der Waals surface area contributed by atoms with Gasteiger partial charge in [0.15, 0.2) is 0 Å². The molecule has 1 rings (SSSR count). The first-order chi connectivity index (χ1) is 11.3. The second kappa shape index (κ2) is 9.64. The average Bonchev–Trinajstić information content (AvgIpc) is 2.53. The van der Waals surface area contributed by atoms with Crippen molar-refractivity contribution in [2.75, 3.05) is 13.7 Å². The molecule has 0 N–H and O–H groups in total. The zero-order valence-electron chi connectivity index (χ0n) is 15.5. The normalized spacial score (nSPS) is 25.0. The molecule has 24 heavy (non-hydrogen) atoms. The SMILES string of the molecule is CCN(C(=O)OC1CC(C)CCC1C(C)C)C(CC=O)C(=O)OC. The van der Waals surface area contributed by atoms with E-state index < -0.39 is 18.1 Å². The Morgan fingerprint density at radius 2 is 1.96 bits per heavy atom. The summed E-state index contributed by atoms with van der Waals surface area (Å²) in [6.07, 6.45) is 2.86. The van der Waals surface area contributed by atoms with Gasteiger partial charge >= 0.3 is 12.1 Å². The van der Waals surface area contributed by atoms with E-state index in [1.807, 2.05) is 0 Å². The fraction of sp³-hybridized carbons (Fsp3) is 0.833. The quantitative estimate of drug-likeness (QED) is 0.526. The maximum atomic E-state index is 12.6. The molecule has 0 radical (unpaired) electrons. The van der Waals surface area contributed by atoms with E-state index in [-0.39, 0.29) is 19.1 Å². The van der Waals surface area contributed by atoms with Gasteiger partial charge in [-0.1, -0.05) is 27.2 Å². The molecular formula is C18H31NO5. The summed E-state index contributed by atoms with van der Waals surface area (Å²) in [6.45, 7) is 8.48. The van der Waals surface area contributed by atoms with Gasteiger partial charge in [0.2, 0.25) is 0 Å². The number of carbonyl (C=O) groups excluding carboxylic acids is 3. The van der Waals surface area contributed by atoms with Gasteiger partial charge in [-0.05, 0) is 37.5 Å². The lowest BCUT2D eigenvalue weighted by Gasteiger charge is -2.38. The zero-order chi connectivity index (χ0) is 18.3. The van der Waals surface area contributed by atoms with Crippen molar-refractivity contribution in [2.24, 2.45) is 17.8 Å². The molecule has 0 saturated heterocycles. The Bertz CT molecular complexity index is 437. The van der Waals surface area contributed by atoms with Gasteiger partial charge in [0.25, 0.3) is 0 Å². The molecule has 0 heterocycles. The van der Waals surface area contributed by atoms with Crippen LogP contribution in [0.5, 0.6) is 0 Å². The number of likely N-dealkylation sites (N-methyl/N-ethyl adjacent to an activating group) is 1. The van der Waals surface area contributed by atoms with Crippen molar-refractivity contribution < 1.29 is 23.9 Å². The Hall–Kier alpha value is -1.59. The first kappa shape index (κ1) is 20.5. The first-order valence-corrected chi connectivity index (χ1v) is 8.84. The number of aldehydes is 1. The molecule has 4 unspecified atom stereocenters. The Morgan fingerprint density at radius 1 is 1.29 bits per heavy atom. The molecule has 138 valence electrons. The maximum absolute atomic E-state index is 12.6. The van der Waals surface area contributed by atoms with Crippen LogP contribution in [0.25, 0.3) is 0 Å². The van der Waals surface area contributed by atoms with Crippen molar-refractivity contribution >= 4 is 18.3 Å². The fourth-order valence-corrected chi connectivity index (χ4v) is 3.50. The number of carbonyl (C=O) groups is 3. The molecule has 1 aliphatic carbocycles. The molecule has 0 aromatic rings. The van der Waals surface area contributed by atoms with Crippen LogP contribution in [0, 0.1) is 17.8 Å². The van der Waals surface area contributed by atoms with Gasteiger partial charge in [-0.15, -0.1) is 0 Å². The minimum Gasteiger partial charge on any atom is -0.467 e. The van der Waals surface area contributed by atoms with Gasteiger partial charge < -0.3 is 14.3 Å². The van der Waals surface area contributed by atoms with Gasteiger partial charge in [-0.25, -0.2) is 9.59 Å². The molecule has 1 aliphatic rings. The second-order valence-electron chi connectivity index (χ2n) is 6.98. The standard InChI is InChI=1S/C18H31NO5/c1-6-19(15(9-10-20)17(21)23-5)18(22)24-16-11-13(4)7-8-14(16)12(2)3/h10,12-16H,6-9,11H2,1-5H3. The number of nitrogens with zero attached hydrogens (tertiary/aromatic N) is 1. The van der Waals surface area contributed by atoms with E-state index in [9.17, 15) is 14.4 Å². The number of hydrogen-bond acceptors (Lipinski definition) is 5. The molecule has 1 fully saturated rings. The van der Waals surface area contributed by atoms with E-state index >= 15 is 0 Å². The molecule has 1 saturated carbocycles. The summed E-state index contributed by atoms with van der Waals surface area (Å²) >= 11 is 0. The van der Waals surface area contributed by atoms with Gasteiger partial charge in [0, 0.05) is 13.0 Å². The molecule has 0 spiro atoms. The molecule has 4 atom stereocenters. The zero-order valence-corrected chi connectivity index (χ0v) is 15.5. The highest BCUT2D eigenvalue weighted by Gasteiger charge is 2.36. The summed E-state index contributed by atoms with van der Waals surface area (Å²) in [7, 11) is 1.25. The number of amides is 1. The van der Waals surface area contributed by atoms with Crippen LogP contribution in [0.1, 0.15) is 53.4 Å². The van der Waals surface area contributed by atoms with Crippen LogP contribution in [0.15, 0.2) is 0 Å². The van der Waals surface area contributed by atoms with Gasteiger partial charge in [0.05, 0.1) is 7.11 Å². The number of esters is 1. The minimum absolute atomic E-state index is 0.0930. The Labute approximate surface area is 144 Å². The summed E-state index contributed by atoms with van der Waals surface area (Å²) in [6, 6.07) is -0.927. The smallest absolute Gasteiger partial charge is 0.410 e. The monoisotopic (exact) mass is 341 g/mol. The number of methoxy groups -OCH3 is 1. The second-order valence-corrected chi connectivity index (χ2v) is 6.98. The average molecular weight is 341 g/mol. The van der Waals surface area contributed by atoms with Crippen molar-refractivity contribution in [3.63, 3.8) is 0 Å². The van der Waals surface area contributed by atoms with Crippen LogP contribution in [-0.2, 0) is 19.1 Å². The molecule has 0 aromatic heterocycles. The van der Waals surface area contributed by atoms with E-state index in [2.05, 4.69) is 20.8 Å². The van der Waals surface area contributed by atoms with E-state index in [0.29, 0.717) is 24.0 Å². The highest BCUT2D eigenvalue weighted by molar-refractivity contribution is 5.83. The minimum atomic E-state index is -0.927. The molecule has 0 bridgehead atoms.